The molecule has 1 aromatic carbocycles. The Hall–Kier alpha value is -2.87. The van der Waals surface area contributed by atoms with E-state index in [1.807, 2.05) is 0 Å². The minimum absolute atomic E-state index is 0.0374. The van der Waals surface area contributed by atoms with Gasteiger partial charge in [-0.25, -0.2) is 0 Å². The van der Waals surface area contributed by atoms with E-state index in [9.17, 15) is 9.59 Å². The quantitative estimate of drug-likeness (QED) is 0.720. The molecular formula is C19H25N5O3. The van der Waals surface area contributed by atoms with Crippen LogP contribution in [-0.2, 0) is 16.1 Å². The van der Waals surface area contributed by atoms with Crippen molar-refractivity contribution in [1.29, 1.82) is 0 Å². The van der Waals surface area contributed by atoms with Crippen molar-refractivity contribution in [3.8, 4) is 5.75 Å². The SMILES string of the molecule is COc1ccc(NC(=O)Cn2cc(NC(=O)C3(N)CCCCC3)cn2)cc1. The number of carbonyl (C=O) groups excluding carboxylic acids is 2. The van der Waals surface area contributed by atoms with Crippen molar-refractivity contribution in [2.75, 3.05) is 17.7 Å². The Kier molecular flexibility index (Phi) is 5.75. The van der Waals surface area contributed by atoms with Crippen LogP contribution in [0, 0.1) is 0 Å². The lowest BCUT2D eigenvalue weighted by Gasteiger charge is -2.31. The van der Waals surface area contributed by atoms with Gasteiger partial charge in [0, 0.05) is 11.9 Å². The maximum absolute atomic E-state index is 12.5. The summed E-state index contributed by atoms with van der Waals surface area (Å²) in [4.78, 5) is 24.6. The molecule has 0 atom stereocenters. The number of aromatic nitrogens is 2. The molecule has 2 aromatic rings. The summed E-state index contributed by atoms with van der Waals surface area (Å²) < 4.78 is 6.56. The Labute approximate surface area is 158 Å². The zero-order valence-electron chi connectivity index (χ0n) is 15.4. The van der Waals surface area contributed by atoms with E-state index in [2.05, 4.69) is 15.7 Å². The van der Waals surface area contributed by atoms with Crippen LogP contribution in [-0.4, -0.2) is 34.2 Å². The molecule has 1 fully saturated rings. The molecule has 0 saturated heterocycles. The van der Waals surface area contributed by atoms with Gasteiger partial charge in [-0.2, -0.15) is 5.10 Å². The van der Waals surface area contributed by atoms with Gasteiger partial charge in [0.05, 0.1) is 24.5 Å². The molecule has 0 radical (unpaired) electrons. The van der Waals surface area contributed by atoms with Gasteiger partial charge in [-0.15, -0.1) is 0 Å². The van der Waals surface area contributed by atoms with Crippen molar-refractivity contribution in [3.05, 3.63) is 36.7 Å². The number of nitrogens with zero attached hydrogens (tertiary/aromatic N) is 2. The lowest BCUT2D eigenvalue weighted by Crippen LogP contribution is -2.52. The van der Waals surface area contributed by atoms with Gasteiger partial charge in [0.25, 0.3) is 0 Å². The fraction of sp³-hybridized carbons (Fsp3) is 0.421. The van der Waals surface area contributed by atoms with E-state index < -0.39 is 5.54 Å². The maximum Gasteiger partial charge on any atom is 0.246 e. The molecule has 8 nitrogen and oxygen atoms in total. The molecule has 0 aliphatic heterocycles. The molecule has 2 amide bonds. The van der Waals surface area contributed by atoms with Gasteiger partial charge in [0.2, 0.25) is 11.8 Å². The van der Waals surface area contributed by atoms with Crippen molar-refractivity contribution in [2.45, 2.75) is 44.2 Å². The first-order valence-corrected chi connectivity index (χ1v) is 9.05. The van der Waals surface area contributed by atoms with Crippen LogP contribution in [0.5, 0.6) is 5.75 Å². The molecule has 144 valence electrons. The largest absolute Gasteiger partial charge is 0.497 e. The van der Waals surface area contributed by atoms with E-state index in [4.69, 9.17) is 10.5 Å². The van der Waals surface area contributed by atoms with Gasteiger partial charge in [0.15, 0.2) is 0 Å². The Morgan fingerprint density at radius 1 is 1.15 bits per heavy atom. The summed E-state index contributed by atoms with van der Waals surface area (Å²) in [7, 11) is 1.59. The van der Waals surface area contributed by atoms with E-state index in [1.165, 1.54) is 10.9 Å². The Morgan fingerprint density at radius 3 is 2.52 bits per heavy atom. The number of benzene rings is 1. The average Bonchev–Trinajstić information content (AvgIpc) is 3.09. The number of amides is 2. The summed E-state index contributed by atoms with van der Waals surface area (Å²) in [5.74, 6) is 0.309. The molecule has 8 heteroatoms. The normalized spacial score (nSPS) is 15.8. The summed E-state index contributed by atoms with van der Waals surface area (Å²) in [6, 6.07) is 7.06. The molecule has 1 heterocycles. The van der Waals surface area contributed by atoms with Crippen LogP contribution in [0.25, 0.3) is 0 Å². The molecule has 1 aliphatic rings. The first-order chi connectivity index (χ1) is 13.0. The molecule has 1 saturated carbocycles. The summed E-state index contributed by atoms with van der Waals surface area (Å²) in [6.07, 6.45) is 7.58. The molecule has 1 aliphatic carbocycles. The monoisotopic (exact) mass is 371 g/mol. The van der Waals surface area contributed by atoms with Gasteiger partial charge in [0.1, 0.15) is 12.3 Å². The highest BCUT2D eigenvalue weighted by molar-refractivity contribution is 5.98. The molecule has 1 aromatic heterocycles. The standard InChI is InChI=1S/C19H25N5O3/c1-27-16-7-5-14(6-8-16)22-17(25)13-24-12-15(11-21-24)23-18(26)19(20)9-3-2-4-10-19/h5-8,11-12H,2-4,9-10,13,20H2,1H3,(H,22,25)(H,23,26). The minimum atomic E-state index is -0.813. The lowest BCUT2D eigenvalue weighted by atomic mass is 9.82. The van der Waals surface area contributed by atoms with Crippen LogP contribution in [0.1, 0.15) is 32.1 Å². The topological polar surface area (TPSA) is 111 Å². The molecule has 0 unspecified atom stereocenters. The zero-order chi connectivity index (χ0) is 19.3. The first-order valence-electron chi connectivity index (χ1n) is 9.05. The number of methoxy groups -OCH3 is 1. The molecule has 4 N–H and O–H groups in total. The smallest absolute Gasteiger partial charge is 0.246 e. The third kappa shape index (κ3) is 4.85. The Bertz CT molecular complexity index is 794. The number of hydrogen-bond acceptors (Lipinski definition) is 5. The second-order valence-corrected chi connectivity index (χ2v) is 6.87. The lowest BCUT2D eigenvalue weighted by molar-refractivity contribution is -0.122. The van der Waals surface area contributed by atoms with Crippen LogP contribution >= 0.6 is 0 Å². The van der Waals surface area contributed by atoms with Gasteiger partial charge >= 0.3 is 0 Å². The molecule has 27 heavy (non-hydrogen) atoms. The van der Waals surface area contributed by atoms with E-state index in [0.29, 0.717) is 24.2 Å². The minimum Gasteiger partial charge on any atom is -0.497 e. The van der Waals surface area contributed by atoms with E-state index >= 15 is 0 Å². The highest BCUT2D eigenvalue weighted by atomic mass is 16.5. The van der Waals surface area contributed by atoms with Gasteiger partial charge in [-0.3, -0.25) is 14.3 Å². The first kappa shape index (κ1) is 18.9. The molecular weight excluding hydrogens is 346 g/mol. The zero-order valence-corrected chi connectivity index (χ0v) is 15.4. The van der Waals surface area contributed by atoms with Crippen molar-refractivity contribution >= 4 is 23.2 Å². The number of ether oxygens (including phenoxy) is 1. The maximum atomic E-state index is 12.5. The second kappa shape index (κ2) is 8.22. The van der Waals surface area contributed by atoms with Crippen LogP contribution in [0.3, 0.4) is 0 Å². The Balaban J connectivity index is 1.53. The van der Waals surface area contributed by atoms with Gasteiger partial charge in [-0.05, 0) is 37.1 Å². The molecule has 0 bridgehead atoms. The number of rotatable bonds is 6. The summed E-state index contributed by atoms with van der Waals surface area (Å²) in [6.45, 7) is 0.0374. The van der Waals surface area contributed by atoms with E-state index in [0.717, 1.165) is 25.0 Å². The van der Waals surface area contributed by atoms with Crippen molar-refractivity contribution < 1.29 is 14.3 Å². The van der Waals surface area contributed by atoms with E-state index in [-0.39, 0.29) is 18.4 Å². The highest BCUT2D eigenvalue weighted by Gasteiger charge is 2.35. The summed E-state index contributed by atoms with van der Waals surface area (Å²) >= 11 is 0. The fourth-order valence-corrected chi connectivity index (χ4v) is 3.20. The van der Waals surface area contributed by atoms with Crippen LogP contribution in [0.15, 0.2) is 36.7 Å². The van der Waals surface area contributed by atoms with Gasteiger partial charge in [-0.1, -0.05) is 19.3 Å². The third-order valence-corrected chi connectivity index (χ3v) is 4.77. The van der Waals surface area contributed by atoms with E-state index in [1.54, 1.807) is 37.6 Å². The highest BCUT2D eigenvalue weighted by Crippen LogP contribution is 2.27. The fourth-order valence-electron chi connectivity index (χ4n) is 3.20. The number of nitrogens with two attached hydrogens (primary N) is 1. The number of nitrogens with one attached hydrogen (secondary N) is 2. The van der Waals surface area contributed by atoms with Crippen LogP contribution in [0.2, 0.25) is 0 Å². The number of carbonyl (C=O) groups is 2. The predicted molar refractivity (Wildman–Crippen MR) is 102 cm³/mol. The summed E-state index contributed by atoms with van der Waals surface area (Å²) in [5, 5.41) is 9.73. The third-order valence-electron chi connectivity index (χ3n) is 4.77. The molecule has 3 rings (SSSR count). The Morgan fingerprint density at radius 2 is 1.85 bits per heavy atom. The number of anilines is 2. The molecule has 0 spiro atoms. The second-order valence-electron chi connectivity index (χ2n) is 6.87. The van der Waals surface area contributed by atoms with Crippen molar-refractivity contribution in [3.63, 3.8) is 0 Å². The van der Waals surface area contributed by atoms with Crippen molar-refractivity contribution in [2.24, 2.45) is 5.73 Å². The average molecular weight is 371 g/mol. The predicted octanol–water partition coefficient (Wildman–Crippen LogP) is 2.13. The summed E-state index contributed by atoms with van der Waals surface area (Å²) in [5.41, 5.74) is 6.62. The van der Waals surface area contributed by atoms with Gasteiger partial charge < -0.3 is 21.1 Å². The number of hydrogen-bond donors (Lipinski definition) is 3. The van der Waals surface area contributed by atoms with Crippen LogP contribution < -0.4 is 21.1 Å². The van der Waals surface area contributed by atoms with Crippen molar-refractivity contribution in [1.82, 2.24) is 9.78 Å². The van der Waals surface area contributed by atoms with Crippen LogP contribution in [0.4, 0.5) is 11.4 Å².